The quantitative estimate of drug-likeness (QED) is 0.573. The lowest BCUT2D eigenvalue weighted by atomic mass is 10.1. The van der Waals surface area contributed by atoms with Gasteiger partial charge in [0.15, 0.2) is 5.96 Å². The van der Waals surface area contributed by atoms with Crippen molar-refractivity contribution in [1.82, 2.24) is 15.6 Å². The molecule has 130 valence electrons. The van der Waals surface area contributed by atoms with Crippen LogP contribution in [0.15, 0.2) is 10.4 Å². The number of aromatic nitrogens is 1. The second-order valence-electron chi connectivity index (χ2n) is 6.67. The molecule has 0 amide bonds. The van der Waals surface area contributed by atoms with E-state index in [-0.39, 0.29) is 11.2 Å². The summed E-state index contributed by atoms with van der Waals surface area (Å²) in [7, 11) is -1.23. The molecule has 6 nitrogen and oxygen atoms in total. The predicted octanol–water partition coefficient (Wildman–Crippen LogP) is 1.76. The lowest BCUT2D eigenvalue weighted by molar-refractivity contribution is 0.529. The summed E-state index contributed by atoms with van der Waals surface area (Å²) in [5, 5.41) is 9.59. The minimum atomic E-state index is -2.94. The van der Waals surface area contributed by atoms with Gasteiger partial charge in [-0.1, -0.05) is 13.8 Å². The van der Waals surface area contributed by atoms with Crippen molar-refractivity contribution in [3.8, 4) is 0 Å². The molecular weight excluding hydrogens is 332 g/mol. The van der Waals surface area contributed by atoms with E-state index in [1.165, 1.54) is 6.26 Å². The number of sulfone groups is 1. The highest BCUT2D eigenvalue weighted by Gasteiger charge is 2.45. The van der Waals surface area contributed by atoms with Gasteiger partial charge in [-0.25, -0.2) is 13.4 Å². The molecule has 0 atom stereocenters. The first kappa shape index (κ1) is 18.2. The Balaban J connectivity index is 1.82. The molecule has 0 spiro atoms. The Morgan fingerprint density at radius 2 is 2.13 bits per heavy atom. The Morgan fingerprint density at radius 1 is 1.43 bits per heavy atom. The average molecular weight is 359 g/mol. The van der Waals surface area contributed by atoms with Gasteiger partial charge in [0.05, 0.1) is 18.0 Å². The van der Waals surface area contributed by atoms with Crippen molar-refractivity contribution >= 4 is 27.1 Å². The van der Waals surface area contributed by atoms with Crippen LogP contribution < -0.4 is 10.6 Å². The third-order valence-corrected chi connectivity index (χ3v) is 5.95. The van der Waals surface area contributed by atoms with Crippen LogP contribution in [0, 0.1) is 5.41 Å². The summed E-state index contributed by atoms with van der Waals surface area (Å²) < 4.78 is 23.0. The maximum absolute atomic E-state index is 11.5. The fourth-order valence-electron chi connectivity index (χ4n) is 2.43. The number of rotatable bonds is 7. The van der Waals surface area contributed by atoms with Gasteiger partial charge in [-0.3, -0.25) is 4.99 Å². The van der Waals surface area contributed by atoms with Crippen LogP contribution in [0.3, 0.4) is 0 Å². The van der Waals surface area contributed by atoms with Gasteiger partial charge in [0.1, 0.15) is 14.8 Å². The molecule has 0 saturated heterocycles. The molecule has 1 aliphatic carbocycles. The monoisotopic (exact) mass is 358 g/mol. The Labute approximate surface area is 142 Å². The van der Waals surface area contributed by atoms with Gasteiger partial charge in [0, 0.05) is 30.6 Å². The summed E-state index contributed by atoms with van der Waals surface area (Å²) in [4.78, 5) is 8.77. The number of aliphatic imine (C=N–C) groups is 1. The van der Waals surface area contributed by atoms with E-state index in [0.717, 1.165) is 23.5 Å². The normalized spacial score (nSPS) is 17.3. The Kier molecular flexibility index (Phi) is 5.67. The first-order valence-electron chi connectivity index (χ1n) is 7.80. The number of nitrogens with zero attached hydrogens (tertiary/aromatic N) is 2. The van der Waals surface area contributed by atoms with Crippen molar-refractivity contribution in [2.45, 2.75) is 39.2 Å². The van der Waals surface area contributed by atoms with E-state index in [2.05, 4.69) is 39.8 Å². The third-order valence-electron chi connectivity index (χ3n) is 3.95. The Hall–Kier alpha value is -1.15. The van der Waals surface area contributed by atoms with Crippen LogP contribution in [-0.2, 0) is 16.4 Å². The first-order chi connectivity index (χ1) is 10.7. The highest BCUT2D eigenvalue weighted by molar-refractivity contribution is 7.90. The molecule has 0 aliphatic heterocycles. The first-order valence-corrected chi connectivity index (χ1v) is 10.7. The zero-order valence-electron chi connectivity index (χ0n) is 14.2. The number of thiazole rings is 1. The van der Waals surface area contributed by atoms with Crippen molar-refractivity contribution in [2.75, 3.05) is 25.6 Å². The van der Waals surface area contributed by atoms with Crippen LogP contribution in [0.1, 0.15) is 43.3 Å². The zero-order valence-corrected chi connectivity index (χ0v) is 15.9. The maximum Gasteiger partial charge on any atom is 0.191 e. The highest BCUT2D eigenvalue weighted by Crippen LogP contribution is 2.45. The lowest BCUT2D eigenvalue weighted by Gasteiger charge is -2.17. The van der Waals surface area contributed by atoms with Gasteiger partial charge in [-0.2, -0.15) is 0 Å². The molecule has 23 heavy (non-hydrogen) atoms. The lowest BCUT2D eigenvalue weighted by Crippen LogP contribution is -2.41. The van der Waals surface area contributed by atoms with Gasteiger partial charge >= 0.3 is 0 Å². The van der Waals surface area contributed by atoms with Crippen molar-refractivity contribution in [1.29, 1.82) is 0 Å². The van der Waals surface area contributed by atoms with E-state index in [1.54, 1.807) is 18.4 Å². The van der Waals surface area contributed by atoms with Crippen LogP contribution in [0.2, 0.25) is 0 Å². The predicted molar refractivity (Wildman–Crippen MR) is 95.8 cm³/mol. The SMILES string of the molecule is CN=C(NCc1nc(C(C)C)cs1)NCC1(CS(C)(=O)=O)CC1. The second-order valence-corrected chi connectivity index (χ2v) is 9.75. The minimum absolute atomic E-state index is 0.114. The largest absolute Gasteiger partial charge is 0.356 e. The highest BCUT2D eigenvalue weighted by atomic mass is 32.2. The van der Waals surface area contributed by atoms with Crippen LogP contribution in [0.4, 0.5) is 0 Å². The molecule has 1 saturated carbocycles. The molecular formula is C15H26N4O2S2. The summed E-state index contributed by atoms with van der Waals surface area (Å²) in [6.07, 6.45) is 3.21. The minimum Gasteiger partial charge on any atom is -0.356 e. The fourth-order valence-corrected chi connectivity index (χ4v) is 4.83. The molecule has 1 fully saturated rings. The molecule has 0 bridgehead atoms. The van der Waals surface area contributed by atoms with E-state index >= 15 is 0 Å². The van der Waals surface area contributed by atoms with Gasteiger partial charge in [-0.05, 0) is 18.8 Å². The average Bonchev–Trinajstić information content (AvgIpc) is 3.01. The van der Waals surface area contributed by atoms with Crippen LogP contribution >= 0.6 is 11.3 Å². The summed E-state index contributed by atoms with van der Waals surface area (Å²) in [6.45, 7) is 5.51. The summed E-state index contributed by atoms with van der Waals surface area (Å²) >= 11 is 1.64. The van der Waals surface area contributed by atoms with Crippen molar-refractivity contribution in [3.05, 3.63) is 16.1 Å². The fraction of sp³-hybridized carbons (Fsp3) is 0.733. The van der Waals surface area contributed by atoms with Crippen molar-refractivity contribution in [3.63, 3.8) is 0 Å². The zero-order chi connectivity index (χ0) is 17.1. The van der Waals surface area contributed by atoms with Gasteiger partial charge in [-0.15, -0.1) is 11.3 Å². The van der Waals surface area contributed by atoms with Crippen LogP contribution in [0.5, 0.6) is 0 Å². The van der Waals surface area contributed by atoms with E-state index in [1.807, 2.05) is 0 Å². The number of nitrogens with one attached hydrogen (secondary N) is 2. The number of hydrogen-bond donors (Lipinski definition) is 2. The molecule has 1 aliphatic rings. The van der Waals surface area contributed by atoms with E-state index in [0.29, 0.717) is 25.0 Å². The molecule has 1 aromatic rings. The number of hydrogen-bond acceptors (Lipinski definition) is 5. The van der Waals surface area contributed by atoms with Crippen molar-refractivity contribution in [2.24, 2.45) is 10.4 Å². The molecule has 2 N–H and O–H groups in total. The molecule has 2 rings (SSSR count). The molecule has 1 aromatic heterocycles. The van der Waals surface area contributed by atoms with E-state index in [4.69, 9.17) is 0 Å². The molecule has 8 heteroatoms. The van der Waals surface area contributed by atoms with E-state index in [9.17, 15) is 8.42 Å². The molecule has 0 unspecified atom stereocenters. The molecule has 0 aromatic carbocycles. The molecule has 1 heterocycles. The number of guanidine groups is 1. The topological polar surface area (TPSA) is 83.4 Å². The summed E-state index contributed by atoms with van der Waals surface area (Å²) in [5.41, 5.74) is 0.997. The third kappa shape index (κ3) is 5.76. The van der Waals surface area contributed by atoms with Gasteiger partial charge in [0.25, 0.3) is 0 Å². The van der Waals surface area contributed by atoms with Gasteiger partial charge in [0.2, 0.25) is 0 Å². The van der Waals surface area contributed by atoms with Crippen LogP contribution in [-0.4, -0.2) is 45.0 Å². The Morgan fingerprint density at radius 3 is 2.61 bits per heavy atom. The van der Waals surface area contributed by atoms with E-state index < -0.39 is 9.84 Å². The second kappa shape index (κ2) is 7.17. The standard InChI is InChI=1S/C15H26N4O2S2/c1-11(2)12-8-22-13(19-12)7-17-14(16-3)18-9-15(5-6-15)10-23(4,20)21/h8,11H,5-7,9-10H2,1-4H3,(H2,16,17,18). The summed E-state index contributed by atoms with van der Waals surface area (Å²) in [5.74, 6) is 1.36. The summed E-state index contributed by atoms with van der Waals surface area (Å²) in [6, 6.07) is 0. The van der Waals surface area contributed by atoms with Gasteiger partial charge < -0.3 is 10.6 Å². The smallest absolute Gasteiger partial charge is 0.191 e. The van der Waals surface area contributed by atoms with Crippen LogP contribution in [0.25, 0.3) is 0 Å². The molecule has 0 radical (unpaired) electrons. The maximum atomic E-state index is 11.5. The van der Waals surface area contributed by atoms with Crippen molar-refractivity contribution < 1.29 is 8.42 Å². The Bertz CT molecular complexity index is 661.